The molecule has 2 aromatic rings. The summed E-state index contributed by atoms with van der Waals surface area (Å²) in [6.45, 7) is 1.29. The molecule has 0 heterocycles. The van der Waals surface area contributed by atoms with Gasteiger partial charge in [-0.15, -0.1) is 0 Å². The third-order valence-corrected chi connectivity index (χ3v) is 5.03. The van der Waals surface area contributed by atoms with Crippen LogP contribution in [-0.2, 0) is 14.6 Å². The molecule has 0 saturated carbocycles. The van der Waals surface area contributed by atoms with Crippen LogP contribution in [0.4, 0.5) is 5.69 Å². The molecule has 0 radical (unpaired) electrons. The van der Waals surface area contributed by atoms with E-state index in [1.165, 1.54) is 49.4 Å². The van der Waals surface area contributed by atoms with Gasteiger partial charge in [-0.05, 0) is 42.8 Å². The van der Waals surface area contributed by atoms with Gasteiger partial charge in [0.05, 0.1) is 15.6 Å². The summed E-state index contributed by atoms with van der Waals surface area (Å²) in [5.41, 5.74) is 0.565. The van der Waals surface area contributed by atoms with Crippen molar-refractivity contribution in [1.29, 1.82) is 0 Å². The fraction of sp³-hybridized carbons (Fsp3) is 0.118. The average Bonchev–Trinajstić information content (AvgIpc) is 2.55. The molecule has 124 valence electrons. The number of nitro benzene ring substituents is 1. The molecule has 0 aliphatic rings. The Labute approximate surface area is 139 Å². The summed E-state index contributed by atoms with van der Waals surface area (Å²) in [5.74, 6) is -0.795. The third-order valence-electron chi connectivity index (χ3n) is 3.34. The number of carbonyl (C=O) groups is 1. The molecule has 0 N–H and O–H groups in total. The molecule has 2 aromatic carbocycles. The Morgan fingerprint density at radius 3 is 2.17 bits per heavy atom. The van der Waals surface area contributed by atoms with Crippen LogP contribution >= 0.6 is 0 Å². The average molecular weight is 345 g/mol. The molecule has 24 heavy (non-hydrogen) atoms. The molecule has 0 fully saturated rings. The largest absolute Gasteiger partial charge is 0.295 e. The van der Waals surface area contributed by atoms with Crippen molar-refractivity contribution in [3.8, 4) is 0 Å². The van der Waals surface area contributed by atoms with E-state index in [2.05, 4.69) is 0 Å². The minimum Gasteiger partial charge on any atom is -0.295 e. The van der Waals surface area contributed by atoms with Crippen LogP contribution in [0.3, 0.4) is 0 Å². The maximum atomic E-state index is 12.4. The number of sulfone groups is 1. The first-order valence-electron chi connectivity index (χ1n) is 7.03. The second-order valence-electron chi connectivity index (χ2n) is 5.15. The molecule has 0 saturated heterocycles. The summed E-state index contributed by atoms with van der Waals surface area (Å²) < 4.78 is 24.8. The van der Waals surface area contributed by atoms with Gasteiger partial charge >= 0.3 is 0 Å². The SMILES string of the molecule is CC(=O)/C(=C/c1ccc([N+](=O)[O-])cc1)CS(=O)(=O)c1ccccc1. The van der Waals surface area contributed by atoms with Crippen LogP contribution in [0.5, 0.6) is 0 Å². The molecular formula is C17H15NO5S. The van der Waals surface area contributed by atoms with Crippen LogP contribution in [0.2, 0.25) is 0 Å². The predicted molar refractivity (Wildman–Crippen MR) is 90.2 cm³/mol. The first-order chi connectivity index (χ1) is 11.3. The lowest BCUT2D eigenvalue weighted by atomic mass is 10.1. The minimum atomic E-state index is -3.64. The van der Waals surface area contributed by atoms with E-state index in [0.29, 0.717) is 5.56 Å². The van der Waals surface area contributed by atoms with E-state index in [-0.39, 0.29) is 21.9 Å². The second-order valence-corrected chi connectivity index (χ2v) is 7.14. The summed E-state index contributed by atoms with van der Waals surface area (Å²) >= 11 is 0. The normalized spacial score (nSPS) is 12.0. The molecule has 0 aliphatic carbocycles. The lowest BCUT2D eigenvalue weighted by molar-refractivity contribution is -0.384. The number of nitro groups is 1. The van der Waals surface area contributed by atoms with Crippen molar-refractivity contribution in [2.75, 3.05) is 5.75 Å². The van der Waals surface area contributed by atoms with E-state index in [1.54, 1.807) is 18.2 Å². The Bertz CT molecular complexity index is 884. The maximum absolute atomic E-state index is 12.4. The fourth-order valence-electron chi connectivity index (χ4n) is 2.05. The van der Waals surface area contributed by atoms with E-state index < -0.39 is 20.5 Å². The third kappa shape index (κ3) is 4.36. The number of non-ortho nitro benzene ring substituents is 1. The number of carbonyl (C=O) groups excluding carboxylic acids is 1. The number of Topliss-reactive ketones (excluding diaryl/α,β-unsaturated/α-hetero) is 1. The van der Waals surface area contributed by atoms with Gasteiger partial charge in [0.15, 0.2) is 15.6 Å². The van der Waals surface area contributed by atoms with Crippen molar-refractivity contribution in [1.82, 2.24) is 0 Å². The standard InChI is InChI=1S/C17H15NO5S/c1-13(19)15(11-14-7-9-16(10-8-14)18(20)21)12-24(22,23)17-5-3-2-4-6-17/h2-11H,12H2,1H3/b15-11+. The van der Waals surface area contributed by atoms with Gasteiger partial charge in [0.2, 0.25) is 0 Å². The lowest BCUT2D eigenvalue weighted by Gasteiger charge is -2.06. The van der Waals surface area contributed by atoms with Crippen molar-refractivity contribution in [3.05, 3.63) is 75.8 Å². The Hall–Kier alpha value is -2.80. The minimum absolute atomic E-state index is 0.0755. The molecule has 0 atom stereocenters. The number of hydrogen-bond acceptors (Lipinski definition) is 5. The van der Waals surface area contributed by atoms with Gasteiger partial charge in [-0.3, -0.25) is 14.9 Å². The quantitative estimate of drug-likeness (QED) is 0.455. The van der Waals surface area contributed by atoms with Gasteiger partial charge in [0, 0.05) is 17.7 Å². The smallest absolute Gasteiger partial charge is 0.269 e. The predicted octanol–water partition coefficient (Wildman–Crippen LogP) is 3.04. The van der Waals surface area contributed by atoms with Crippen LogP contribution < -0.4 is 0 Å². The summed E-state index contributed by atoms with van der Waals surface area (Å²) in [6, 6.07) is 13.4. The van der Waals surface area contributed by atoms with Crippen molar-refractivity contribution in [2.45, 2.75) is 11.8 Å². The van der Waals surface area contributed by atoms with E-state index in [1.807, 2.05) is 0 Å². The Kier molecular flexibility index (Phi) is 5.25. The van der Waals surface area contributed by atoms with Crippen LogP contribution in [0, 0.1) is 10.1 Å². The summed E-state index contributed by atoms with van der Waals surface area (Å²) in [4.78, 5) is 22.0. The van der Waals surface area contributed by atoms with Crippen LogP contribution in [0.15, 0.2) is 65.1 Å². The zero-order valence-electron chi connectivity index (χ0n) is 12.9. The number of ketones is 1. The van der Waals surface area contributed by atoms with Crippen LogP contribution in [-0.4, -0.2) is 24.9 Å². The topological polar surface area (TPSA) is 94.3 Å². The van der Waals surface area contributed by atoms with Gasteiger partial charge in [-0.25, -0.2) is 8.42 Å². The molecule has 0 bridgehead atoms. The Morgan fingerprint density at radius 1 is 1.08 bits per heavy atom. The highest BCUT2D eigenvalue weighted by Crippen LogP contribution is 2.18. The molecule has 0 spiro atoms. The number of rotatable bonds is 6. The first-order valence-corrected chi connectivity index (χ1v) is 8.68. The highest BCUT2D eigenvalue weighted by Gasteiger charge is 2.19. The molecule has 0 amide bonds. The monoisotopic (exact) mass is 345 g/mol. The van der Waals surface area contributed by atoms with Crippen molar-refractivity contribution < 1.29 is 18.1 Å². The molecule has 7 heteroatoms. The van der Waals surface area contributed by atoms with E-state index in [4.69, 9.17) is 0 Å². The van der Waals surface area contributed by atoms with E-state index in [9.17, 15) is 23.3 Å². The summed E-state index contributed by atoms with van der Waals surface area (Å²) in [5, 5.41) is 10.6. The van der Waals surface area contributed by atoms with E-state index in [0.717, 1.165) is 0 Å². The highest BCUT2D eigenvalue weighted by atomic mass is 32.2. The van der Waals surface area contributed by atoms with Gasteiger partial charge in [0.1, 0.15) is 0 Å². The summed E-state index contributed by atoms with van der Waals surface area (Å²) in [7, 11) is -3.64. The number of nitrogens with zero attached hydrogens (tertiary/aromatic N) is 1. The lowest BCUT2D eigenvalue weighted by Crippen LogP contribution is -2.13. The van der Waals surface area contributed by atoms with Gasteiger partial charge in [0.25, 0.3) is 5.69 Å². The summed E-state index contributed by atoms with van der Waals surface area (Å²) in [6.07, 6.45) is 1.44. The Balaban J connectivity index is 2.33. The fourth-order valence-corrected chi connectivity index (χ4v) is 3.49. The van der Waals surface area contributed by atoms with Gasteiger partial charge in [-0.2, -0.15) is 0 Å². The Morgan fingerprint density at radius 2 is 1.67 bits per heavy atom. The molecule has 6 nitrogen and oxygen atoms in total. The van der Waals surface area contributed by atoms with Gasteiger partial charge in [-0.1, -0.05) is 18.2 Å². The molecule has 0 aliphatic heterocycles. The zero-order chi connectivity index (χ0) is 17.7. The first kappa shape index (κ1) is 17.6. The van der Waals surface area contributed by atoms with Crippen LogP contribution in [0.25, 0.3) is 6.08 Å². The van der Waals surface area contributed by atoms with Gasteiger partial charge < -0.3 is 0 Å². The van der Waals surface area contributed by atoms with Crippen LogP contribution in [0.1, 0.15) is 12.5 Å². The zero-order valence-corrected chi connectivity index (χ0v) is 13.7. The molecule has 2 rings (SSSR count). The molecular weight excluding hydrogens is 330 g/mol. The number of benzene rings is 2. The highest BCUT2D eigenvalue weighted by molar-refractivity contribution is 7.91. The molecule has 0 aromatic heterocycles. The van der Waals surface area contributed by atoms with Crippen molar-refractivity contribution in [3.63, 3.8) is 0 Å². The molecule has 0 unspecified atom stereocenters. The van der Waals surface area contributed by atoms with E-state index >= 15 is 0 Å². The second kappa shape index (κ2) is 7.18. The van der Waals surface area contributed by atoms with Crippen molar-refractivity contribution in [2.24, 2.45) is 0 Å². The number of hydrogen-bond donors (Lipinski definition) is 0. The van der Waals surface area contributed by atoms with Crippen molar-refractivity contribution >= 4 is 27.4 Å². The maximum Gasteiger partial charge on any atom is 0.269 e.